The van der Waals surface area contributed by atoms with Crippen molar-refractivity contribution in [1.29, 1.82) is 5.26 Å². The molecule has 0 atom stereocenters. The maximum Gasteiger partial charge on any atom is 0.174 e. The van der Waals surface area contributed by atoms with Gasteiger partial charge in [-0.15, -0.1) is 10.2 Å². The zero-order chi connectivity index (χ0) is 16.2. The molecular weight excluding hydrogens is 356 g/mol. The van der Waals surface area contributed by atoms with E-state index in [2.05, 4.69) is 36.8 Å². The molecule has 6 heteroatoms. The minimum Gasteiger partial charge on any atom is -0.496 e. The van der Waals surface area contributed by atoms with Crippen molar-refractivity contribution in [2.24, 2.45) is 0 Å². The molecule has 118 valence electrons. The first kappa shape index (κ1) is 15.8. The highest BCUT2D eigenvalue weighted by molar-refractivity contribution is 9.10. The number of nitriles is 1. The van der Waals surface area contributed by atoms with Crippen molar-refractivity contribution >= 4 is 27.6 Å². The number of rotatable bonds is 3. The molecule has 0 saturated heterocycles. The van der Waals surface area contributed by atoms with Crippen LogP contribution in [0.25, 0.3) is 11.6 Å². The predicted molar refractivity (Wildman–Crippen MR) is 91.8 cm³/mol. The Hall–Kier alpha value is -2.13. The summed E-state index contributed by atoms with van der Waals surface area (Å²) >= 11 is 3.46. The lowest BCUT2D eigenvalue weighted by Gasteiger charge is -2.08. The van der Waals surface area contributed by atoms with Gasteiger partial charge < -0.3 is 9.30 Å². The number of halogens is 1. The van der Waals surface area contributed by atoms with Crippen LogP contribution in [0.1, 0.15) is 36.5 Å². The molecule has 0 N–H and O–H groups in total. The van der Waals surface area contributed by atoms with Crippen LogP contribution in [0.3, 0.4) is 0 Å². The Kier molecular flexibility index (Phi) is 4.77. The SMILES string of the molecule is COc1ccc(Br)cc1/C=C(\C#N)c1nnc2n1CCCCC2. The van der Waals surface area contributed by atoms with E-state index in [1.807, 2.05) is 24.3 Å². The minimum absolute atomic E-state index is 0.502. The molecule has 0 saturated carbocycles. The lowest BCUT2D eigenvalue weighted by Crippen LogP contribution is -2.05. The summed E-state index contributed by atoms with van der Waals surface area (Å²) in [5, 5.41) is 18.1. The fraction of sp³-hybridized carbons (Fsp3) is 0.353. The fourth-order valence-electron chi connectivity index (χ4n) is 2.80. The monoisotopic (exact) mass is 372 g/mol. The van der Waals surface area contributed by atoms with Gasteiger partial charge in [0.2, 0.25) is 0 Å². The second kappa shape index (κ2) is 6.97. The third-order valence-corrected chi connectivity index (χ3v) is 4.46. The normalized spacial score (nSPS) is 14.7. The topological polar surface area (TPSA) is 63.7 Å². The van der Waals surface area contributed by atoms with Crippen molar-refractivity contribution in [3.63, 3.8) is 0 Å². The average Bonchev–Trinajstić information content (AvgIpc) is 2.81. The van der Waals surface area contributed by atoms with Crippen LogP contribution >= 0.6 is 15.9 Å². The second-order valence-electron chi connectivity index (χ2n) is 5.46. The highest BCUT2D eigenvalue weighted by atomic mass is 79.9. The Morgan fingerprint density at radius 2 is 2.22 bits per heavy atom. The van der Waals surface area contributed by atoms with Gasteiger partial charge in [-0.2, -0.15) is 5.26 Å². The fourth-order valence-corrected chi connectivity index (χ4v) is 3.18. The second-order valence-corrected chi connectivity index (χ2v) is 6.37. The first-order valence-corrected chi connectivity index (χ1v) is 8.40. The van der Waals surface area contributed by atoms with Gasteiger partial charge in [0.25, 0.3) is 0 Å². The zero-order valence-electron chi connectivity index (χ0n) is 12.9. The van der Waals surface area contributed by atoms with E-state index in [1.54, 1.807) is 7.11 Å². The van der Waals surface area contributed by atoms with Crippen molar-refractivity contribution in [1.82, 2.24) is 14.8 Å². The van der Waals surface area contributed by atoms with Gasteiger partial charge in [0.15, 0.2) is 5.82 Å². The first-order chi connectivity index (χ1) is 11.2. The molecule has 0 radical (unpaired) electrons. The molecular formula is C17H17BrN4O. The molecule has 0 bridgehead atoms. The summed E-state index contributed by atoms with van der Waals surface area (Å²) in [5.41, 5.74) is 1.34. The van der Waals surface area contributed by atoms with Crippen LogP contribution in [0.15, 0.2) is 22.7 Å². The third kappa shape index (κ3) is 3.30. The summed E-state index contributed by atoms with van der Waals surface area (Å²) in [5.74, 6) is 2.34. The highest BCUT2D eigenvalue weighted by Gasteiger charge is 2.18. The van der Waals surface area contributed by atoms with Crippen molar-refractivity contribution in [3.8, 4) is 11.8 Å². The van der Waals surface area contributed by atoms with Crippen molar-refractivity contribution < 1.29 is 4.74 Å². The van der Waals surface area contributed by atoms with Gasteiger partial charge >= 0.3 is 0 Å². The number of ether oxygens (including phenoxy) is 1. The molecule has 0 spiro atoms. The number of hydrogen-bond donors (Lipinski definition) is 0. The minimum atomic E-state index is 0.502. The van der Waals surface area contributed by atoms with Gasteiger partial charge in [-0.3, -0.25) is 0 Å². The van der Waals surface area contributed by atoms with Gasteiger partial charge in [-0.1, -0.05) is 22.4 Å². The Morgan fingerprint density at radius 3 is 3.00 bits per heavy atom. The number of allylic oxidation sites excluding steroid dienone is 1. The van der Waals surface area contributed by atoms with Gasteiger partial charge in [-0.05, 0) is 37.1 Å². The lowest BCUT2D eigenvalue weighted by atomic mass is 10.1. The van der Waals surface area contributed by atoms with Crippen LogP contribution in [-0.2, 0) is 13.0 Å². The van der Waals surface area contributed by atoms with Gasteiger partial charge in [-0.25, -0.2) is 0 Å². The Labute approximate surface area is 143 Å². The third-order valence-electron chi connectivity index (χ3n) is 3.96. The van der Waals surface area contributed by atoms with Crippen LogP contribution in [0, 0.1) is 11.3 Å². The maximum absolute atomic E-state index is 9.61. The Balaban J connectivity index is 2.06. The first-order valence-electron chi connectivity index (χ1n) is 7.60. The molecule has 1 aromatic carbocycles. The maximum atomic E-state index is 9.61. The summed E-state index contributed by atoms with van der Waals surface area (Å²) in [6, 6.07) is 7.97. The van der Waals surface area contributed by atoms with Gasteiger partial charge in [0.1, 0.15) is 17.6 Å². The number of aryl methyl sites for hydroxylation is 1. The van der Waals surface area contributed by atoms with E-state index >= 15 is 0 Å². The molecule has 2 aromatic rings. The molecule has 0 aliphatic carbocycles. The van der Waals surface area contributed by atoms with E-state index < -0.39 is 0 Å². The molecule has 0 fully saturated rings. The largest absolute Gasteiger partial charge is 0.496 e. The summed E-state index contributed by atoms with van der Waals surface area (Å²) in [4.78, 5) is 0. The van der Waals surface area contributed by atoms with E-state index in [9.17, 15) is 5.26 Å². The van der Waals surface area contributed by atoms with E-state index in [-0.39, 0.29) is 0 Å². The molecule has 2 heterocycles. The number of nitrogens with zero attached hydrogens (tertiary/aromatic N) is 4. The molecule has 3 rings (SSSR count). The standard InChI is InChI=1S/C17H17BrN4O/c1-23-15-7-6-14(18)10-12(15)9-13(11-19)17-21-20-16-5-3-2-4-8-22(16)17/h6-7,9-10H,2-5,8H2,1H3/b13-9+. The molecule has 0 amide bonds. The lowest BCUT2D eigenvalue weighted by molar-refractivity contribution is 0.414. The summed E-state index contributed by atoms with van der Waals surface area (Å²) in [7, 11) is 1.62. The molecule has 5 nitrogen and oxygen atoms in total. The van der Waals surface area contributed by atoms with E-state index in [0.717, 1.165) is 47.4 Å². The van der Waals surface area contributed by atoms with Gasteiger partial charge in [0, 0.05) is 23.0 Å². The van der Waals surface area contributed by atoms with Crippen LogP contribution in [-0.4, -0.2) is 21.9 Å². The number of hydrogen-bond acceptors (Lipinski definition) is 4. The van der Waals surface area contributed by atoms with Crippen LogP contribution in [0.5, 0.6) is 5.75 Å². The quantitative estimate of drug-likeness (QED) is 0.767. The van der Waals surface area contributed by atoms with Crippen molar-refractivity contribution in [2.45, 2.75) is 32.2 Å². The van der Waals surface area contributed by atoms with E-state index in [0.29, 0.717) is 11.4 Å². The number of aromatic nitrogens is 3. The molecule has 23 heavy (non-hydrogen) atoms. The smallest absolute Gasteiger partial charge is 0.174 e. The number of fused-ring (bicyclic) bond motifs is 1. The zero-order valence-corrected chi connectivity index (χ0v) is 14.5. The Morgan fingerprint density at radius 1 is 1.35 bits per heavy atom. The Bertz CT molecular complexity index is 788. The summed E-state index contributed by atoms with van der Waals surface area (Å²) in [6.07, 6.45) is 6.14. The van der Waals surface area contributed by atoms with E-state index in [1.165, 1.54) is 6.42 Å². The summed E-state index contributed by atoms with van der Waals surface area (Å²) < 4.78 is 8.39. The van der Waals surface area contributed by atoms with Crippen molar-refractivity contribution in [2.75, 3.05) is 7.11 Å². The van der Waals surface area contributed by atoms with Crippen LogP contribution in [0.2, 0.25) is 0 Å². The predicted octanol–water partition coefficient (Wildman–Crippen LogP) is 3.84. The molecule has 1 aliphatic heterocycles. The van der Waals surface area contributed by atoms with Crippen LogP contribution < -0.4 is 4.74 Å². The molecule has 0 unspecified atom stereocenters. The average molecular weight is 373 g/mol. The molecule has 1 aliphatic rings. The van der Waals surface area contributed by atoms with Crippen LogP contribution in [0.4, 0.5) is 0 Å². The number of benzene rings is 1. The summed E-state index contributed by atoms with van der Waals surface area (Å²) in [6.45, 7) is 0.867. The molecule has 1 aromatic heterocycles. The van der Waals surface area contributed by atoms with Gasteiger partial charge in [0.05, 0.1) is 12.7 Å². The van der Waals surface area contributed by atoms with E-state index in [4.69, 9.17) is 4.74 Å². The number of methoxy groups -OCH3 is 1. The highest BCUT2D eigenvalue weighted by Crippen LogP contribution is 2.28. The van der Waals surface area contributed by atoms with Crippen molar-refractivity contribution in [3.05, 3.63) is 39.9 Å².